The molecule has 0 unspecified atom stereocenters. The molecule has 2 nitrogen and oxygen atoms in total. The molecule has 0 aromatic rings. The molecule has 0 aliphatic carbocycles. The topological polar surface area (TPSA) is 6.48 Å². The Morgan fingerprint density at radius 1 is 0.944 bits per heavy atom. The van der Waals surface area contributed by atoms with E-state index in [4.69, 9.17) is 0 Å². The molecule has 18 heavy (non-hydrogen) atoms. The van der Waals surface area contributed by atoms with E-state index < -0.39 is 0 Å². The molecule has 0 saturated carbocycles. The minimum Gasteiger partial charge on any atom is -0.304 e. The third kappa shape index (κ3) is 11.3. The van der Waals surface area contributed by atoms with Gasteiger partial charge in [0.1, 0.15) is 0 Å². The molecule has 0 aromatic carbocycles. The summed E-state index contributed by atoms with van der Waals surface area (Å²) in [5.41, 5.74) is 0. The van der Waals surface area contributed by atoms with Crippen LogP contribution in [0.1, 0.15) is 20.8 Å². The molecule has 115 valence electrons. The van der Waals surface area contributed by atoms with Crippen molar-refractivity contribution in [3.05, 3.63) is 0 Å². The first-order valence-corrected chi connectivity index (χ1v) is 9.44. The zero-order valence-electron chi connectivity index (χ0n) is 12.5. The monoisotopic (exact) mass is 475 g/mol. The summed E-state index contributed by atoms with van der Waals surface area (Å²) in [4.78, 5) is 4.84. The van der Waals surface area contributed by atoms with Crippen LogP contribution in [0.25, 0.3) is 0 Å². The number of rotatable bonds is 5. The summed E-state index contributed by atoms with van der Waals surface area (Å²) in [5.74, 6) is 0.990. The van der Waals surface area contributed by atoms with Gasteiger partial charge in [-0.25, -0.2) is 0 Å². The van der Waals surface area contributed by atoms with Crippen LogP contribution >= 0.6 is 20.6 Å². The average Bonchev–Trinajstić information content (AvgIpc) is 2.35. The van der Waals surface area contributed by atoms with E-state index in [9.17, 15) is 0 Å². The molecule has 0 aromatic heterocycles. The van der Waals surface area contributed by atoms with Crippen LogP contribution in [0.15, 0.2) is 0 Å². The molecule has 0 N–H and O–H groups in total. The van der Waals surface area contributed by atoms with Crippen LogP contribution in [-0.2, 0) is 22.4 Å². The number of hydrogen-bond donors (Lipinski definition) is 1. The third-order valence-electron chi connectivity index (χ3n) is 3.35. The molecule has 1 saturated heterocycles. The first kappa shape index (κ1) is 21.7. The third-order valence-corrected chi connectivity index (χ3v) is 6.24. The first-order chi connectivity index (χ1) is 8.17. The van der Waals surface area contributed by atoms with Crippen LogP contribution in [0.5, 0.6) is 0 Å². The number of nitrogens with zero attached hydrogens (tertiary/aromatic N) is 2. The fraction of sp³-hybridized carbons (Fsp3) is 1.00. The number of hydrogen-bond acceptors (Lipinski definition) is 3. The van der Waals surface area contributed by atoms with Crippen LogP contribution < -0.4 is 0 Å². The van der Waals surface area contributed by atoms with Crippen molar-refractivity contribution in [2.75, 3.05) is 64.0 Å². The zero-order chi connectivity index (χ0) is 13.1. The van der Waals surface area contributed by atoms with E-state index >= 15 is 0 Å². The van der Waals surface area contributed by atoms with Gasteiger partial charge in [0.2, 0.25) is 0 Å². The number of thiol groups is 1. The summed E-state index contributed by atoms with van der Waals surface area (Å²) < 4.78 is 0. The second-order valence-corrected chi connectivity index (χ2v) is 8.17. The molecule has 0 bridgehead atoms. The Bertz CT molecular complexity index is 158. The predicted molar refractivity (Wildman–Crippen MR) is 86.3 cm³/mol. The zero-order valence-corrected chi connectivity index (χ0v) is 16.4. The molecule has 1 radical (unpaired) electrons. The minimum atomic E-state index is 0. The molecule has 0 amide bonds. The fourth-order valence-electron chi connectivity index (χ4n) is 1.88. The van der Waals surface area contributed by atoms with E-state index in [1.54, 1.807) is 0 Å². The first-order valence-electron chi connectivity index (χ1n) is 6.91. The van der Waals surface area contributed by atoms with Crippen molar-refractivity contribution in [2.45, 2.75) is 20.8 Å². The standard InChI is InChI=1S/C7H16N2S.C6H15P.Au/c1-8-2-4-9(5-3-8)6-7-10;1-4-7(5-2)6-3;/h10H,2-7H2,1H3;4-6H2,1-3H3;. The quantitative estimate of drug-likeness (QED) is 0.371. The summed E-state index contributed by atoms with van der Waals surface area (Å²) in [5, 5.41) is 0. The summed E-state index contributed by atoms with van der Waals surface area (Å²) in [6, 6.07) is 0. The molecule has 1 fully saturated rings. The van der Waals surface area contributed by atoms with Crippen molar-refractivity contribution in [1.29, 1.82) is 0 Å². The summed E-state index contributed by atoms with van der Waals surface area (Å²) in [6.45, 7) is 12.9. The van der Waals surface area contributed by atoms with Gasteiger partial charge in [-0.2, -0.15) is 12.6 Å². The maximum absolute atomic E-state index is 4.20. The normalized spacial score (nSPS) is 17.0. The number of likely N-dealkylation sites (N-methyl/N-ethyl adjacent to an activating group) is 1. The fourth-order valence-corrected chi connectivity index (χ4v) is 3.51. The molecule has 5 heteroatoms. The summed E-state index contributed by atoms with van der Waals surface area (Å²) in [7, 11) is 2.62. The Kier molecular flexibility index (Phi) is 17.9. The van der Waals surface area contributed by atoms with Gasteiger partial charge in [-0.1, -0.05) is 20.8 Å². The molecular weight excluding hydrogens is 444 g/mol. The van der Waals surface area contributed by atoms with Crippen LogP contribution in [0.4, 0.5) is 0 Å². The smallest absolute Gasteiger partial charge is 0.0110 e. The second-order valence-electron chi connectivity index (χ2n) is 4.49. The van der Waals surface area contributed by atoms with Gasteiger partial charge in [0.15, 0.2) is 0 Å². The van der Waals surface area contributed by atoms with E-state index in [1.165, 1.54) is 44.7 Å². The van der Waals surface area contributed by atoms with Gasteiger partial charge in [-0.3, -0.25) is 4.90 Å². The maximum Gasteiger partial charge on any atom is 0.0110 e. The van der Waals surface area contributed by atoms with Gasteiger partial charge < -0.3 is 4.90 Å². The van der Waals surface area contributed by atoms with Crippen molar-refractivity contribution < 1.29 is 22.4 Å². The van der Waals surface area contributed by atoms with Gasteiger partial charge >= 0.3 is 0 Å². The van der Waals surface area contributed by atoms with Crippen molar-refractivity contribution in [3.8, 4) is 0 Å². The van der Waals surface area contributed by atoms with Crippen LogP contribution in [0.2, 0.25) is 0 Å². The minimum absolute atomic E-state index is 0. The van der Waals surface area contributed by atoms with Crippen molar-refractivity contribution >= 4 is 20.6 Å². The Labute approximate surface area is 137 Å². The Morgan fingerprint density at radius 3 is 1.67 bits per heavy atom. The van der Waals surface area contributed by atoms with Crippen molar-refractivity contribution in [3.63, 3.8) is 0 Å². The van der Waals surface area contributed by atoms with Crippen LogP contribution in [0, 0.1) is 0 Å². The van der Waals surface area contributed by atoms with E-state index in [1.807, 2.05) is 0 Å². The molecular formula is C13H31AuN2PS. The van der Waals surface area contributed by atoms with E-state index in [0.29, 0.717) is 7.92 Å². The summed E-state index contributed by atoms with van der Waals surface area (Å²) >= 11 is 4.20. The van der Waals surface area contributed by atoms with E-state index in [-0.39, 0.29) is 22.4 Å². The number of piperazine rings is 1. The van der Waals surface area contributed by atoms with Crippen molar-refractivity contribution in [2.24, 2.45) is 0 Å². The molecule has 1 heterocycles. The van der Waals surface area contributed by atoms with Gasteiger partial charge in [-0.05, 0) is 25.5 Å². The molecule has 0 atom stereocenters. The van der Waals surface area contributed by atoms with Gasteiger partial charge in [0.05, 0.1) is 0 Å². The van der Waals surface area contributed by atoms with E-state index in [0.717, 1.165) is 12.3 Å². The van der Waals surface area contributed by atoms with Gasteiger partial charge in [0.25, 0.3) is 0 Å². The Morgan fingerprint density at radius 2 is 1.39 bits per heavy atom. The van der Waals surface area contributed by atoms with Crippen LogP contribution in [0.3, 0.4) is 0 Å². The Balaban J connectivity index is 0. The molecule has 1 rings (SSSR count). The molecule has 0 spiro atoms. The Hall–Kier alpha value is 1.44. The average molecular weight is 475 g/mol. The largest absolute Gasteiger partial charge is 0.304 e. The second kappa shape index (κ2) is 14.8. The van der Waals surface area contributed by atoms with E-state index in [2.05, 4.69) is 50.2 Å². The molecule has 1 aliphatic heterocycles. The predicted octanol–water partition coefficient (Wildman–Crippen LogP) is 2.69. The summed E-state index contributed by atoms with van der Waals surface area (Å²) in [6.07, 6.45) is 4.26. The van der Waals surface area contributed by atoms with Gasteiger partial charge in [0, 0.05) is 60.9 Å². The van der Waals surface area contributed by atoms with Gasteiger partial charge in [-0.15, -0.1) is 7.92 Å². The van der Waals surface area contributed by atoms with Crippen LogP contribution in [-0.4, -0.2) is 73.8 Å². The maximum atomic E-state index is 4.20. The van der Waals surface area contributed by atoms with Crippen molar-refractivity contribution in [1.82, 2.24) is 9.80 Å². The molecule has 1 aliphatic rings. The SMILES string of the molecule is CCP(CC)CC.CN1CCN(CCS)CC1.[Au].